The van der Waals surface area contributed by atoms with Crippen LogP contribution in [0.15, 0.2) is 0 Å². The van der Waals surface area contributed by atoms with Crippen LogP contribution in [0.2, 0.25) is 0 Å². The Kier molecular flexibility index (Phi) is 4.56. The maximum atomic E-state index is 9.59. The zero-order valence-corrected chi connectivity index (χ0v) is 12.4. The van der Waals surface area contributed by atoms with Crippen molar-refractivity contribution in [3.05, 3.63) is 16.8 Å². The zero-order chi connectivity index (χ0) is 14.7. The van der Waals surface area contributed by atoms with Gasteiger partial charge in [0.25, 0.3) is 0 Å². The van der Waals surface area contributed by atoms with Gasteiger partial charge in [0.15, 0.2) is 5.82 Å². The Morgan fingerprint density at radius 1 is 1.35 bits per heavy atom. The first-order chi connectivity index (χ1) is 9.67. The predicted molar refractivity (Wildman–Crippen MR) is 77.5 cm³/mol. The minimum atomic E-state index is 0.0357. The largest absolute Gasteiger partial charge is 0.394 e. The third kappa shape index (κ3) is 2.36. The van der Waals surface area contributed by atoms with Gasteiger partial charge in [-0.05, 0) is 30.7 Å². The smallest absolute Gasteiger partial charge is 0.169 e. The molecule has 20 heavy (non-hydrogen) atoms. The normalized spacial score (nSPS) is 22.1. The van der Waals surface area contributed by atoms with Gasteiger partial charge in [-0.15, -0.1) is 5.10 Å². The van der Waals surface area contributed by atoms with Crippen molar-refractivity contribution >= 4 is 5.82 Å². The van der Waals surface area contributed by atoms with Gasteiger partial charge in [0, 0.05) is 6.54 Å². The Labute approximate surface area is 120 Å². The van der Waals surface area contributed by atoms with Crippen LogP contribution in [-0.4, -0.2) is 34.5 Å². The molecule has 5 heteroatoms. The van der Waals surface area contributed by atoms with Crippen molar-refractivity contribution in [2.24, 2.45) is 5.92 Å². The molecular weight excluding hydrogens is 252 g/mol. The van der Waals surface area contributed by atoms with E-state index < -0.39 is 0 Å². The fraction of sp³-hybridized carbons (Fsp3) is 0.667. The van der Waals surface area contributed by atoms with Gasteiger partial charge in [-0.25, -0.2) is 0 Å². The number of aliphatic hydroxyl groups excluding tert-OH is 1. The third-order valence-electron chi connectivity index (χ3n) is 4.28. The van der Waals surface area contributed by atoms with Gasteiger partial charge < -0.3 is 10.0 Å². The summed E-state index contributed by atoms with van der Waals surface area (Å²) in [7, 11) is 0. The Balaban J connectivity index is 2.50. The topological polar surface area (TPSA) is 73.0 Å². The number of aryl methyl sites for hydroxylation is 1. The Bertz CT molecular complexity index is 523. The van der Waals surface area contributed by atoms with Crippen molar-refractivity contribution in [2.45, 2.75) is 46.1 Å². The maximum Gasteiger partial charge on any atom is 0.169 e. The molecule has 2 atom stereocenters. The van der Waals surface area contributed by atoms with Crippen molar-refractivity contribution in [3.63, 3.8) is 0 Å². The highest BCUT2D eigenvalue weighted by molar-refractivity contribution is 5.59. The van der Waals surface area contributed by atoms with E-state index in [0.29, 0.717) is 17.3 Å². The molecule has 0 spiro atoms. The lowest BCUT2D eigenvalue weighted by atomic mass is 10.0. The molecule has 1 saturated heterocycles. The number of nitriles is 1. The summed E-state index contributed by atoms with van der Waals surface area (Å²) in [6.07, 6.45) is 2.57. The highest BCUT2D eigenvalue weighted by atomic mass is 16.3. The average Bonchev–Trinajstić information content (AvgIpc) is 2.85. The van der Waals surface area contributed by atoms with Crippen LogP contribution in [0.3, 0.4) is 0 Å². The van der Waals surface area contributed by atoms with Crippen LogP contribution in [0, 0.1) is 17.2 Å². The molecule has 2 rings (SSSR count). The van der Waals surface area contributed by atoms with Gasteiger partial charge in [-0.3, -0.25) is 0 Å². The summed E-state index contributed by atoms with van der Waals surface area (Å²) < 4.78 is 0. The highest BCUT2D eigenvalue weighted by Gasteiger charge is 2.33. The highest BCUT2D eigenvalue weighted by Crippen LogP contribution is 2.31. The second-order valence-corrected chi connectivity index (χ2v) is 5.35. The van der Waals surface area contributed by atoms with Crippen molar-refractivity contribution in [1.29, 1.82) is 5.26 Å². The summed E-state index contributed by atoms with van der Waals surface area (Å²) in [5.41, 5.74) is 2.53. The lowest BCUT2D eigenvalue weighted by Crippen LogP contribution is -2.36. The number of aliphatic hydroxyl groups is 1. The second-order valence-electron chi connectivity index (χ2n) is 5.35. The van der Waals surface area contributed by atoms with E-state index >= 15 is 0 Å². The Morgan fingerprint density at radius 3 is 2.65 bits per heavy atom. The number of hydrogen-bond donors (Lipinski definition) is 1. The summed E-state index contributed by atoms with van der Waals surface area (Å²) >= 11 is 0. The first kappa shape index (κ1) is 14.7. The van der Waals surface area contributed by atoms with Gasteiger partial charge >= 0.3 is 0 Å². The minimum absolute atomic E-state index is 0.0357. The van der Waals surface area contributed by atoms with Crippen LogP contribution in [0.1, 0.15) is 44.0 Å². The van der Waals surface area contributed by atoms with E-state index in [1.54, 1.807) is 0 Å². The van der Waals surface area contributed by atoms with Gasteiger partial charge in [-0.2, -0.15) is 10.4 Å². The van der Waals surface area contributed by atoms with Gasteiger partial charge in [0.1, 0.15) is 11.6 Å². The molecule has 1 aromatic rings. The summed E-state index contributed by atoms with van der Waals surface area (Å²) in [6, 6.07) is 2.34. The van der Waals surface area contributed by atoms with E-state index in [1.165, 1.54) is 0 Å². The summed E-state index contributed by atoms with van der Waals surface area (Å²) in [5, 5.41) is 27.7. The number of nitrogens with zero attached hydrogens (tertiary/aromatic N) is 4. The maximum absolute atomic E-state index is 9.59. The Morgan fingerprint density at radius 2 is 2.10 bits per heavy atom. The van der Waals surface area contributed by atoms with E-state index in [2.05, 4.69) is 28.1 Å². The lowest BCUT2D eigenvalue weighted by molar-refractivity contribution is 0.244. The molecule has 0 bridgehead atoms. The van der Waals surface area contributed by atoms with E-state index in [-0.39, 0.29) is 12.6 Å². The lowest BCUT2D eigenvalue weighted by Gasteiger charge is -2.27. The molecule has 108 valence electrons. The fourth-order valence-corrected chi connectivity index (χ4v) is 3.03. The number of aromatic nitrogens is 2. The molecule has 0 aromatic carbocycles. The van der Waals surface area contributed by atoms with Crippen LogP contribution in [-0.2, 0) is 12.8 Å². The second kappa shape index (κ2) is 6.19. The molecule has 1 aliphatic rings. The van der Waals surface area contributed by atoms with Crippen molar-refractivity contribution < 1.29 is 5.11 Å². The summed E-state index contributed by atoms with van der Waals surface area (Å²) in [4.78, 5) is 2.05. The van der Waals surface area contributed by atoms with Crippen LogP contribution in [0.25, 0.3) is 0 Å². The molecule has 0 radical (unpaired) electrons. The molecule has 2 heterocycles. The molecule has 1 N–H and O–H groups in total. The molecule has 0 saturated carbocycles. The van der Waals surface area contributed by atoms with Crippen molar-refractivity contribution in [2.75, 3.05) is 18.1 Å². The number of anilines is 1. The van der Waals surface area contributed by atoms with Crippen LogP contribution < -0.4 is 4.90 Å². The van der Waals surface area contributed by atoms with E-state index in [4.69, 9.17) is 0 Å². The van der Waals surface area contributed by atoms with E-state index in [0.717, 1.165) is 37.1 Å². The molecule has 0 amide bonds. The fourth-order valence-electron chi connectivity index (χ4n) is 3.03. The van der Waals surface area contributed by atoms with Gasteiger partial charge in [0.05, 0.1) is 18.3 Å². The first-order valence-corrected chi connectivity index (χ1v) is 7.33. The summed E-state index contributed by atoms with van der Waals surface area (Å²) in [5.74, 6) is 1.05. The number of rotatable bonds is 4. The number of hydrogen-bond acceptors (Lipinski definition) is 5. The van der Waals surface area contributed by atoms with Crippen LogP contribution in [0.4, 0.5) is 5.82 Å². The minimum Gasteiger partial charge on any atom is -0.394 e. The van der Waals surface area contributed by atoms with Crippen LogP contribution in [0.5, 0.6) is 0 Å². The standard InChI is InChI=1S/C15H22N4O/c1-4-11-12(8-16)15(18-17-13(11)5-2)19-7-6-10(3)14(19)9-20/h10,14,20H,4-7,9H2,1-3H3. The van der Waals surface area contributed by atoms with Crippen LogP contribution >= 0.6 is 0 Å². The molecule has 0 aliphatic carbocycles. The average molecular weight is 274 g/mol. The summed E-state index contributed by atoms with van der Waals surface area (Å²) in [6.45, 7) is 7.10. The molecule has 2 unspecified atom stereocenters. The molecular formula is C15H22N4O. The van der Waals surface area contributed by atoms with E-state index in [9.17, 15) is 10.4 Å². The molecule has 1 aliphatic heterocycles. The quantitative estimate of drug-likeness (QED) is 0.904. The zero-order valence-electron chi connectivity index (χ0n) is 12.4. The Hall–Kier alpha value is -1.67. The molecule has 1 fully saturated rings. The van der Waals surface area contributed by atoms with Gasteiger partial charge in [0.2, 0.25) is 0 Å². The third-order valence-corrected chi connectivity index (χ3v) is 4.28. The SMILES string of the molecule is CCc1nnc(N2CCC(C)C2CO)c(C#N)c1CC. The molecule has 1 aromatic heterocycles. The van der Waals surface area contributed by atoms with Crippen molar-refractivity contribution in [1.82, 2.24) is 10.2 Å². The van der Waals surface area contributed by atoms with Crippen molar-refractivity contribution in [3.8, 4) is 6.07 Å². The first-order valence-electron chi connectivity index (χ1n) is 7.33. The van der Waals surface area contributed by atoms with E-state index in [1.807, 2.05) is 13.8 Å². The molecule has 5 nitrogen and oxygen atoms in total. The monoisotopic (exact) mass is 274 g/mol. The predicted octanol–water partition coefficient (Wildman–Crippen LogP) is 1.68. The van der Waals surface area contributed by atoms with Gasteiger partial charge in [-0.1, -0.05) is 20.8 Å².